The van der Waals surface area contributed by atoms with Crippen molar-refractivity contribution in [1.82, 2.24) is 0 Å². The Hall–Kier alpha value is -2.87. The van der Waals surface area contributed by atoms with E-state index in [1.807, 2.05) is 48.5 Å². The molecule has 2 aromatic carbocycles. The Kier molecular flexibility index (Phi) is 3.87. The quantitative estimate of drug-likeness (QED) is 0.649. The lowest BCUT2D eigenvalue weighted by atomic mass is 9.96. The summed E-state index contributed by atoms with van der Waals surface area (Å²) in [6, 6.07) is 22.4. The smallest absolute Gasteiger partial charge is 0.166 e. The van der Waals surface area contributed by atoms with Crippen LogP contribution in [-0.2, 0) is 6.42 Å². The SMILES string of the molecule is O=C1CCCc2oc(C=C(c3ccccc3)c3ccccc3)cc21. The van der Waals surface area contributed by atoms with Crippen LogP contribution in [0, 0.1) is 0 Å². The molecular formula is C22H18O2. The Morgan fingerprint density at radius 2 is 1.50 bits per heavy atom. The van der Waals surface area contributed by atoms with Crippen molar-refractivity contribution in [2.45, 2.75) is 19.3 Å². The molecule has 0 amide bonds. The van der Waals surface area contributed by atoms with Crippen molar-refractivity contribution in [3.63, 3.8) is 0 Å². The van der Waals surface area contributed by atoms with Crippen LogP contribution in [0.4, 0.5) is 0 Å². The summed E-state index contributed by atoms with van der Waals surface area (Å²) in [7, 11) is 0. The van der Waals surface area contributed by atoms with Crippen LogP contribution in [0.5, 0.6) is 0 Å². The Morgan fingerprint density at radius 1 is 0.875 bits per heavy atom. The molecule has 0 spiro atoms. The summed E-state index contributed by atoms with van der Waals surface area (Å²) >= 11 is 0. The average Bonchev–Trinajstić information content (AvgIpc) is 3.05. The van der Waals surface area contributed by atoms with Gasteiger partial charge in [-0.05, 0) is 35.3 Å². The van der Waals surface area contributed by atoms with Crippen LogP contribution < -0.4 is 0 Å². The first-order valence-electron chi connectivity index (χ1n) is 8.30. The fourth-order valence-electron chi connectivity index (χ4n) is 3.20. The number of fused-ring (bicyclic) bond motifs is 1. The van der Waals surface area contributed by atoms with Crippen LogP contribution >= 0.6 is 0 Å². The number of Topliss-reactive ketones (excluding diaryl/α,β-unsaturated/α-hetero) is 1. The molecule has 0 N–H and O–H groups in total. The van der Waals surface area contributed by atoms with Gasteiger partial charge in [0.1, 0.15) is 11.5 Å². The molecule has 0 aliphatic heterocycles. The van der Waals surface area contributed by atoms with E-state index in [4.69, 9.17) is 4.42 Å². The van der Waals surface area contributed by atoms with E-state index in [0.717, 1.165) is 46.6 Å². The van der Waals surface area contributed by atoms with Crippen molar-refractivity contribution in [3.05, 3.63) is 94.9 Å². The molecule has 3 aromatic rings. The molecule has 0 unspecified atom stereocenters. The number of carbonyl (C=O) groups is 1. The molecule has 0 saturated carbocycles. The molecule has 0 bridgehead atoms. The minimum absolute atomic E-state index is 0.195. The van der Waals surface area contributed by atoms with Gasteiger partial charge in [0.2, 0.25) is 0 Å². The predicted octanol–water partition coefficient (Wildman–Crippen LogP) is 5.39. The molecule has 4 rings (SSSR count). The van der Waals surface area contributed by atoms with Gasteiger partial charge in [0.25, 0.3) is 0 Å². The third-order valence-corrected chi connectivity index (χ3v) is 4.39. The average molecular weight is 314 g/mol. The maximum absolute atomic E-state index is 12.0. The summed E-state index contributed by atoms with van der Waals surface area (Å²) in [5, 5.41) is 0. The summed E-state index contributed by atoms with van der Waals surface area (Å²) in [6.07, 6.45) is 4.39. The van der Waals surface area contributed by atoms with E-state index in [9.17, 15) is 4.79 Å². The highest BCUT2D eigenvalue weighted by molar-refractivity contribution is 5.99. The molecule has 2 nitrogen and oxygen atoms in total. The second kappa shape index (κ2) is 6.32. The van der Waals surface area contributed by atoms with Crippen molar-refractivity contribution in [1.29, 1.82) is 0 Å². The number of rotatable bonds is 3. The first-order chi connectivity index (χ1) is 11.8. The van der Waals surface area contributed by atoms with E-state index in [0.29, 0.717) is 6.42 Å². The topological polar surface area (TPSA) is 30.2 Å². The number of ketones is 1. The van der Waals surface area contributed by atoms with Gasteiger partial charge in [-0.15, -0.1) is 0 Å². The van der Waals surface area contributed by atoms with E-state index in [2.05, 4.69) is 24.3 Å². The van der Waals surface area contributed by atoms with Gasteiger partial charge in [-0.1, -0.05) is 60.7 Å². The highest BCUT2D eigenvalue weighted by Gasteiger charge is 2.21. The zero-order chi connectivity index (χ0) is 16.4. The Bertz CT molecular complexity index is 845. The maximum Gasteiger partial charge on any atom is 0.166 e. The molecule has 118 valence electrons. The van der Waals surface area contributed by atoms with Gasteiger partial charge in [-0.2, -0.15) is 0 Å². The van der Waals surface area contributed by atoms with Gasteiger partial charge in [0, 0.05) is 12.8 Å². The Labute approximate surface area is 141 Å². The van der Waals surface area contributed by atoms with Crippen molar-refractivity contribution in [2.75, 3.05) is 0 Å². The van der Waals surface area contributed by atoms with E-state index in [-0.39, 0.29) is 5.78 Å². The number of carbonyl (C=O) groups excluding carboxylic acids is 1. The van der Waals surface area contributed by atoms with Gasteiger partial charge >= 0.3 is 0 Å². The minimum atomic E-state index is 0.195. The molecule has 2 heteroatoms. The molecule has 0 radical (unpaired) electrons. The molecule has 24 heavy (non-hydrogen) atoms. The number of aryl methyl sites for hydroxylation is 1. The van der Waals surface area contributed by atoms with Crippen LogP contribution in [0.1, 0.15) is 45.8 Å². The normalized spacial score (nSPS) is 13.4. The number of furan rings is 1. The monoisotopic (exact) mass is 314 g/mol. The van der Waals surface area contributed by atoms with Gasteiger partial charge in [-0.25, -0.2) is 0 Å². The van der Waals surface area contributed by atoms with Gasteiger partial charge in [0.15, 0.2) is 5.78 Å². The first-order valence-corrected chi connectivity index (χ1v) is 8.30. The van der Waals surface area contributed by atoms with Crippen LogP contribution in [0.2, 0.25) is 0 Å². The summed E-state index contributed by atoms with van der Waals surface area (Å²) < 4.78 is 5.95. The van der Waals surface area contributed by atoms with E-state index in [1.54, 1.807) is 0 Å². The number of hydrogen-bond acceptors (Lipinski definition) is 2. The van der Waals surface area contributed by atoms with Crippen molar-refractivity contribution in [3.8, 4) is 0 Å². The van der Waals surface area contributed by atoms with Crippen molar-refractivity contribution < 1.29 is 9.21 Å². The largest absolute Gasteiger partial charge is 0.461 e. The van der Waals surface area contributed by atoms with Gasteiger partial charge < -0.3 is 4.42 Å². The van der Waals surface area contributed by atoms with E-state index in [1.165, 1.54) is 0 Å². The highest BCUT2D eigenvalue weighted by atomic mass is 16.3. The van der Waals surface area contributed by atoms with E-state index < -0.39 is 0 Å². The van der Waals surface area contributed by atoms with Gasteiger partial charge in [-0.3, -0.25) is 4.79 Å². The summed E-state index contributed by atoms with van der Waals surface area (Å²) in [5.41, 5.74) is 4.11. The second-order valence-corrected chi connectivity index (χ2v) is 6.05. The summed E-state index contributed by atoms with van der Waals surface area (Å²) in [6.45, 7) is 0. The molecule has 1 aliphatic carbocycles. The molecular weight excluding hydrogens is 296 g/mol. The molecule has 1 aromatic heterocycles. The van der Waals surface area contributed by atoms with Crippen LogP contribution in [0.25, 0.3) is 11.6 Å². The second-order valence-electron chi connectivity index (χ2n) is 6.05. The maximum atomic E-state index is 12.0. The van der Waals surface area contributed by atoms with Crippen LogP contribution in [-0.4, -0.2) is 5.78 Å². The summed E-state index contributed by atoms with van der Waals surface area (Å²) in [5.74, 6) is 1.77. The predicted molar refractivity (Wildman–Crippen MR) is 95.8 cm³/mol. The Balaban J connectivity index is 1.82. The molecule has 0 fully saturated rings. The van der Waals surface area contributed by atoms with E-state index >= 15 is 0 Å². The van der Waals surface area contributed by atoms with Crippen LogP contribution in [0.3, 0.4) is 0 Å². The first kappa shape index (κ1) is 14.7. The number of hydrogen-bond donors (Lipinski definition) is 0. The lowest BCUT2D eigenvalue weighted by molar-refractivity contribution is 0.0969. The zero-order valence-corrected chi connectivity index (χ0v) is 13.4. The fraction of sp³-hybridized carbons (Fsp3) is 0.136. The van der Waals surface area contributed by atoms with Crippen LogP contribution in [0.15, 0.2) is 71.1 Å². The van der Waals surface area contributed by atoms with Gasteiger partial charge in [0.05, 0.1) is 5.56 Å². The molecule has 1 heterocycles. The molecule has 0 atom stereocenters. The third kappa shape index (κ3) is 2.83. The lowest BCUT2D eigenvalue weighted by Gasteiger charge is -2.08. The highest BCUT2D eigenvalue weighted by Crippen LogP contribution is 2.30. The summed E-state index contributed by atoms with van der Waals surface area (Å²) in [4.78, 5) is 12.0. The number of benzene rings is 2. The van der Waals surface area contributed by atoms with Crippen molar-refractivity contribution in [2.24, 2.45) is 0 Å². The Morgan fingerprint density at radius 3 is 2.08 bits per heavy atom. The minimum Gasteiger partial charge on any atom is -0.461 e. The standard InChI is InChI=1S/C22H18O2/c23-21-12-7-13-22-20(21)15-18(24-22)14-19(16-8-3-1-4-9-16)17-10-5-2-6-11-17/h1-6,8-11,14-15H,7,12-13H2. The third-order valence-electron chi connectivity index (χ3n) is 4.39. The zero-order valence-electron chi connectivity index (χ0n) is 13.4. The lowest BCUT2D eigenvalue weighted by Crippen LogP contribution is -2.07. The fourth-order valence-corrected chi connectivity index (χ4v) is 3.20. The molecule has 1 aliphatic rings. The molecule has 0 saturated heterocycles. The van der Waals surface area contributed by atoms with Crippen molar-refractivity contribution >= 4 is 17.4 Å².